The van der Waals surface area contributed by atoms with E-state index in [1.54, 1.807) is 18.0 Å². The zero-order chi connectivity index (χ0) is 20.9. The molecule has 0 saturated carbocycles. The van der Waals surface area contributed by atoms with Gasteiger partial charge in [-0.2, -0.15) is 0 Å². The molecule has 0 aliphatic carbocycles. The number of alkyl carbamates (subject to hydrolysis) is 1. The van der Waals surface area contributed by atoms with Gasteiger partial charge in [0.15, 0.2) is 0 Å². The Balaban J connectivity index is 1.91. The van der Waals surface area contributed by atoms with E-state index < -0.39 is 11.7 Å². The van der Waals surface area contributed by atoms with Gasteiger partial charge in [0.25, 0.3) is 0 Å². The lowest BCUT2D eigenvalue weighted by molar-refractivity contribution is 0.0523. The number of aromatic nitrogens is 1. The Bertz CT molecular complexity index is 809. The van der Waals surface area contributed by atoms with Crippen molar-refractivity contribution in [3.8, 4) is 0 Å². The molecule has 4 nitrogen and oxygen atoms in total. The first-order valence-electron chi connectivity index (χ1n) is 9.27. The lowest BCUT2D eigenvalue weighted by atomic mass is 9.87. The van der Waals surface area contributed by atoms with Gasteiger partial charge in [0.05, 0.1) is 17.3 Å². The SMILES string of the molecule is CC(C)(C)OC(=O)NCc1ncc(SCc2ccc(C(C)(C)C)cc2)cc1Cl. The number of benzene rings is 1. The van der Waals surface area contributed by atoms with E-state index in [1.807, 2.05) is 26.8 Å². The number of halogens is 1. The fourth-order valence-electron chi connectivity index (χ4n) is 2.40. The molecule has 0 unspecified atom stereocenters. The van der Waals surface area contributed by atoms with Gasteiger partial charge < -0.3 is 10.1 Å². The van der Waals surface area contributed by atoms with E-state index in [-0.39, 0.29) is 12.0 Å². The number of hydrogen-bond acceptors (Lipinski definition) is 4. The summed E-state index contributed by atoms with van der Waals surface area (Å²) < 4.78 is 5.21. The molecule has 1 aromatic carbocycles. The molecule has 0 radical (unpaired) electrons. The molecule has 0 atom stereocenters. The molecular formula is C22H29ClN2O2S. The summed E-state index contributed by atoms with van der Waals surface area (Å²) in [6, 6.07) is 10.6. The van der Waals surface area contributed by atoms with Crippen LogP contribution in [0.5, 0.6) is 0 Å². The van der Waals surface area contributed by atoms with Crippen LogP contribution in [0.2, 0.25) is 5.02 Å². The summed E-state index contributed by atoms with van der Waals surface area (Å²) in [6.07, 6.45) is 1.30. The van der Waals surface area contributed by atoms with Crippen LogP contribution in [0.25, 0.3) is 0 Å². The highest BCUT2D eigenvalue weighted by atomic mass is 35.5. The van der Waals surface area contributed by atoms with Crippen molar-refractivity contribution in [2.75, 3.05) is 0 Å². The molecule has 1 aromatic heterocycles. The average molecular weight is 421 g/mol. The van der Waals surface area contributed by atoms with Gasteiger partial charge in [0.2, 0.25) is 0 Å². The third kappa shape index (κ3) is 7.36. The summed E-state index contributed by atoms with van der Waals surface area (Å²) in [5.74, 6) is 0.845. The molecular weight excluding hydrogens is 392 g/mol. The monoisotopic (exact) mass is 420 g/mol. The maximum atomic E-state index is 11.7. The lowest BCUT2D eigenvalue weighted by Gasteiger charge is -2.19. The highest BCUT2D eigenvalue weighted by Gasteiger charge is 2.16. The minimum atomic E-state index is -0.535. The molecule has 2 aromatic rings. The van der Waals surface area contributed by atoms with Crippen molar-refractivity contribution in [3.63, 3.8) is 0 Å². The van der Waals surface area contributed by atoms with Crippen LogP contribution in [0.3, 0.4) is 0 Å². The number of amides is 1. The van der Waals surface area contributed by atoms with Gasteiger partial charge in [-0.25, -0.2) is 4.79 Å². The van der Waals surface area contributed by atoms with Crippen molar-refractivity contribution in [2.24, 2.45) is 0 Å². The minimum Gasteiger partial charge on any atom is -0.444 e. The van der Waals surface area contributed by atoms with Gasteiger partial charge in [-0.05, 0) is 43.4 Å². The van der Waals surface area contributed by atoms with Crippen LogP contribution in [0.4, 0.5) is 4.79 Å². The Morgan fingerprint density at radius 1 is 1.14 bits per heavy atom. The van der Waals surface area contributed by atoms with E-state index in [9.17, 15) is 4.79 Å². The molecule has 28 heavy (non-hydrogen) atoms. The standard InChI is InChI=1S/C22H29ClN2O2S/c1-21(2,3)16-9-7-15(8-10-16)14-28-17-11-18(23)19(24-12-17)13-25-20(26)27-22(4,5)6/h7-12H,13-14H2,1-6H3,(H,25,26). The van der Waals surface area contributed by atoms with Gasteiger partial charge in [-0.15, -0.1) is 11.8 Å². The van der Waals surface area contributed by atoms with Crippen LogP contribution < -0.4 is 5.32 Å². The van der Waals surface area contributed by atoms with Crippen molar-refractivity contribution >= 4 is 29.5 Å². The van der Waals surface area contributed by atoms with Crippen molar-refractivity contribution in [2.45, 2.75) is 69.8 Å². The molecule has 0 saturated heterocycles. The zero-order valence-electron chi connectivity index (χ0n) is 17.4. The molecule has 0 spiro atoms. The molecule has 1 N–H and O–H groups in total. The van der Waals surface area contributed by atoms with Crippen LogP contribution >= 0.6 is 23.4 Å². The Kier molecular flexibility index (Phi) is 7.40. The number of pyridine rings is 1. The normalized spacial score (nSPS) is 12.0. The number of hydrogen-bond donors (Lipinski definition) is 1. The van der Waals surface area contributed by atoms with Gasteiger partial charge >= 0.3 is 6.09 Å². The summed E-state index contributed by atoms with van der Waals surface area (Å²) in [5, 5.41) is 3.21. The van der Waals surface area contributed by atoms with Gasteiger partial charge in [-0.1, -0.05) is 56.6 Å². The van der Waals surface area contributed by atoms with E-state index in [4.69, 9.17) is 16.3 Å². The number of carbonyl (C=O) groups is 1. The van der Waals surface area contributed by atoms with Gasteiger partial charge in [0, 0.05) is 16.8 Å². The van der Waals surface area contributed by atoms with Gasteiger partial charge in [-0.3, -0.25) is 4.98 Å². The van der Waals surface area contributed by atoms with Crippen LogP contribution in [0, 0.1) is 0 Å². The number of nitrogens with zero attached hydrogens (tertiary/aromatic N) is 1. The lowest BCUT2D eigenvalue weighted by Crippen LogP contribution is -2.32. The first kappa shape index (κ1) is 22.6. The van der Waals surface area contributed by atoms with E-state index in [0.29, 0.717) is 10.7 Å². The quantitative estimate of drug-likeness (QED) is 0.572. The molecule has 2 rings (SSSR count). The predicted octanol–water partition coefficient (Wildman–Crippen LogP) is 6.35. The first-order chi connectivity index (χ1) is 12.9. The zero-order valence-corrected chi connectivity index (χ0v) is 19.0. The first-order valence-corrected chi connectivity index (χ1v) is 10.6. The number of nitrogens with one attached hydrogen (secondary N) is 1. The van der Waals surface area contributed by atoms with E-state index in [0.717, 1.165) is 10.6 Å². The third-order valence-electron chi connectivity index (χ3n) is 3.92. The van der Waals surface area contributed by atoms with Crippen LogP contribution in [0.1, 0.15) is 58.4 Å². The van der Waals surface area contributed by atoms with E-state index in [1.165, 1.54) is 11.1 Å². The molecule has 0 bridgehead atoms. The van der Waals surface area contributed by atoms with Crippen LogP contribution in [-0.4, -0.2) is 16.7 Å². The van der Waals surface area contributed by atoms with Crippen molar-refractivity contribution in [1.82, 2.24) is 10.3 Å². The number of ether oxygens (including phenoxy) is 1. The van der Waals surface area contributed by atoms with E-state index in [2.05, 4.69) is 55.3 Å². The Morgan fingerprint density at radius 2 is 1.79 bits per heavy atom. The van der Waals surface area contributed by atoms with Crippen LogP contribution in [-0.2, 0) is 22.4 Å². The average Bonchev–Trinajstić information content (AvgIpc) is 2.57. The topological polar surface area (TPSA) is 51.2 Å². The largest absolute Gasteiger partial charge is 0.444 e. The number of thioether (sulfide) groups is 1. The van der Waals surface area contributed by atoms with Gasteiger partial charge in [0.1, 0.15) is 5.60 Å². The summed E-state index contributed by atoms with van der Waals surface area (Å²) in [6.45, 7) is 12.3. The predicted molar refractivity (Wildman–Crippen MR) is 117 cm³/mol. The maximum absolute atomic E-state index is 11.7. The Labute approximate surface area is 177 Å². The Hall–Kier alpha value is -1.72. The summed E-state index contributed by atoms with van der Waals surface area (Å²) in [4.78, 5) is 17.1. The minimum absolute atomic E-state index is 0.159. The fourth-order valence-corrected chi connectivity index (χ4v) is 3.55. The van der Waals surface area contributed by atoms with Crippen molar-refractivity contribution in [1.29, 1.82) is 0 Å². The van der Waals surface area contributed by atoms with Crippen molar-refractivity contribution in [3.05, 3.63) is 58.4 Å². The molecule has 152 valence electrons. The summed E-state index contributed by atoms with van der Waals surface area (Å²) >= 11 is 8.01. The van der Waals surface area contributed by atoms with Crippen molar-refractivity contribution < 1.29 is 9.53 Å². The second-order valence-electron chi connectivity index (χ2n) is 8.69. The molecule has 0 aliphatic rings. The molecule has 0 fully saturated rings. The molecule has 0 aliphatic heterocycles. The fraction of sp³-hybridized carbons (Fsp3) is 0.455. The smallest absolute Gasteiger partial charge is 0.407 e. The summed E-state index contributed by atoms with van der Waals surface area (Å²) in [7, 11) is 0. The molecule has 6 heteroatoms. The summed E-state index contributed by atoms with van der Waals surface area (Å²) in [5.41, 5.74) is 2.82. The van der Waals surface area contributed by atoms with E-state index >= 15 is 0 Å². The Morgan fingerprint density at radius 3 is 2.32 bits per heavy atom. The second-order valence-corrected chi connectivity index (χ2v) is 10.1. The molecule has 1 heterocycles. The third-order valence-corrected chi connectivity index (χ3v) is 5.28. The van der Waals surface area contributed by atoms with Crippen LogP contribution in [0.15, 0.2) is 41.4 Å². The number of rotatable bonds is 5. The highest BCUT2D eigenvalue weighted by molar-refractivity contribution is 7.98. The number of carbonyl (C=O) groups excluding carboxylic acids is 1. The second kappa shape index (κ2) is 9.19. The highest BCUT2D eigenvalue weighted by Crippen LogP contribution is 2.28. The molecule has 1 amide bonds. The maximum Gasteiger partial charge on any atom is 0.407 e.